The van der Waals surface area contributed by atoms with E-state index in [4.69, 9.17) is 5.73 Å². The third-order valence-corrected chi connectivity index (χ3v) is 2.25. The fraction of sp³-hybridized carbons (Fsp3) is 0.857. The van der Waals surface area contributed by atoms with Gasteiger partial charge in [-0.05, 0) is 25.2 Å². The molecule has 3 N–H and O–H groups in total. The van der Waals surface area contributed by atoms with Crippen molar-refractivity contribution in [1.29, 1.82) is 0 Å². The lowest BCUT2D eigenvalue weighted by Crippen LogP contribution is -2.44. The Kier molecular flexibility index (Phi) is 2.60. The molecule has 0 saturated heterocycles. The van der Waals surface area contributed by atoms with Crippen LogP contribution in [0.1, 0.15) is 19.3 Å². The van der Waals surface area contributed by atoms with Crippen molar-refractivity contribution in [3.8, 4) is 0 Å². The first-order valence-corrected chi connectivity index (χ1v) is 3.93. The molecule has 1 fully saturated rings. The highest BCUT2D eigenvalue weighted by atomic mass is 35.5. The van der Waals surface area contributed by atoms with Gasteiger partial charge in [-0.25, -0.2) is 0 Å². The van der Waals surface area contributed by atoms with Crippen LogP contribution in [0.2, 0.25) is 0 Å². The molecular weight excluding hydrogens is 162 g/mol. The number of nitrogens with two attached hydrogens (primary N) is 1. The van der Waals surface area contributed by atoms with Crippen LogP contribution in [0.25, 0.3) is 0 Å². The normalized spacial score (nSPS) is 29.8. The molecule has 0 radical (unpaired) electrons. The monoisotopic (exact) mass is 175 g/mol. The average Bonchev–Trinajstić information content (AvgIpc) is 2.68. The summed E-state index contributed by atoms with van der Waals surface area (Å²) in [4.78, 5) is 4.07. The minimum Gasteiger partial charge on any atom is -0.370 e. The summed E-state index contributed by atoms with van der Waals surface area (Å²) in [6, 6.07) is 0.637. The third kappa shape index (κ3) is 1.99. The van der Waals surface area contributed by atoms with Gasteiger partial charge >= 0.3 is 0 Å². The number of nitrogens with one attached hydrogen (secondary N) is 1. The van der Waals surface area contributed by atoms with E-state index in [2.05, 4.69) is 10.3 Å². The SMILES string of the molecule is Cl.NC1=NCCC(C2CC2)N1. The molecule has 0 spiro atoms. The summed E-state index contributed by atoms with van der Waals surface area (Å²) in [5.74, 6) is 1.54. The summed E-state index contributed by atoms with van der Waals surface area (Å²) in [5, 5.41) is 3.21. The first-order chi connectivity index (χ1) is 4.86. The lowest BCUT2D eigenvalue weighted by molar-refractivity contribution is 0.488. The predicted octanol–water partition coefficient (Wildman–Crippen LogP) is 0.495. The highest BCUT2D eigenvalue weighted by molar-refractivity contribution is 5.85. The van der Waals surface area contributed by atoms with Crippen molar-refractivity contribution in [2.45, 2.75) is 25.3 Å². The molecular formula is C7H14ClN3. The quantitative estimate of drug-likeness (QED) is 0.610. The molecule has 1 saturated carbocycles. The molecule has 4 heteroatoms. The van der Waals surface area contributed by atoms with E-state index >= 15 is 0 Å². The second kappa shape index (κ2) is 3.30. The zero-order valence-electron chi connectivity index (χ0n) is 6.42. The Morgan fingerprint density at radius 1 is 1.36 bits per heavy atom. The molecule has 1 heterocycles. The van der Waals surface area contributed by atoms with Crippen LogP contribution in [0, 0.1) is 5.92 Å². The van der Waals surface area contributed by atoms with E-state index in [0.29, 0.717) is 12.0 Å². The van der Waals surface area contributed by atoms with Crippen LogP contribution in [0.5, 0.6) is 0 Å². The number of aliphatic imine (C=N–C) groups is 1. The molecule has 0 aromatic carbocycles. The highest BCUT2D eigenvalue weighted by Crippen LogP contribution is 2.34. The Labute approximate surface area is 72.9 Å². The van der Waals surface area contributed by atoms with Crippen molar-refractivity contribution in [1.82, 2.24) is 5.32 Å². The number of hydrogen-bond donors (Lipinski definition) is 2. The van der Waals surface area contributed by atoms with Gasteiger partial charge in [0.2, 0.25) is 0 Å². The smallest absolute Gasteiger partial charge is 0.188 e. The number of guanidine groups is 1. The summed E-state index contributed by atoms with van der Waals surface area (Å²) >= 11 is 0. The van der Waals surface area contributed by atoms with Crippen LogP contribution in [0.15, 0.2) is 4.99 Å². The van der Waals surface area contributed by atoms with E-state index in [-0.39, 0.29) is 12.4 Å². The highest BCUT2D eigenvalue weighted by Gasteiger charge is 2.32. The zero-order chi connectivity index (χ0) is 6.97. The van der Waals surface area contributed by atoms with Crippen LogP contribution < -0.4 is 11.1 Å². The lowest BCUT2D eigenvalue weighted by atomic mass is 10.1. The van der Waals surface area contributed by atoms with E-state index < -0.39 is 0 Å². The van der Waals surface area contributed by atoms with Gasteiger partial charge < -0.3 is 11.1 Å². The molecule has 1 aliphatic heterocycles. The summed E-state index contributed by atoms with van der Waals surface area (Å²) in [7, 11) is 0. The molecule has 11 heavy (non-hydrogen) atoms. The second-order valence-corrected chi connectivity index (χ2v) is 3.14. The van der Waals surface area contributed by atoms with Gasteiger partial charge in [-0.3, -0.25) is 4.99 Å². The summed E-state index contributed by atoms with van der Waals surface area (Å²) in [6.07, 6.45) is 3.93. The number of halogens is 1. The van der Waals surface area contributed by atoms with Gasteiger partial charge in [-0.15, -0.1) is 12.4 Å². The molecule has 2 rings (SSSR count). The van der Waals surface area contributed by atoms with Gasteiger partial charge in [0.25, 0.3) is 0 Å². The van der Waals surface area contributed by atoms with Crippen molar-refractivity contribution in [2.24, 2.45) is 16.6 Å². The fourth-order valence-corrected chi connectivity index (χ4v) is 1.48. The largest absolute Gasteiger partial charge is 0.370 e. The van der Waals surface area contributed by atoms with Crippen LogP contribution in [-0.2, 0) is 0 Å². The van der Waals surface area contributed by atoms with E-state index in [1.807, 2.05) is 0 Å². The van der Waals surface area contributed by atoms with Gasteiger partial charge in [0.05, 0.1) is 0 Å². The average molecular weight is 176 g/mol. The van der Waals surface area contributed by atoms with Crippen molar-refractivity contribution in [2.75, 3.05) is 6.54 Å². The maximum Gasteiger partial charge on any atom is 0.188 e. The Morgan fingerprint density at radius 2 is 2.09 bits per heavy atom. The van der Waals surface area contributed by atoms with Crippen LogP contribution in [-0.4, -0.2) is 18.5 Å². The molecule has 0 aromatic rings. The molecule has 0 amide bonds. The van der Waals surface area contributed by atoms with E-state index in [1.54, 1.807) is 0 Å². The lowest BCUT2D eigenvalue weighted by Gasteiger charge is -2.21. The molecule has 2 aliphatic rings. The van der Waals surface area contributed by atoms with Crippen LogP contribution in [0.3, 0.4) is 0 Å². The first-order valence-electron chi connectivity index (χ1n) is 3.93. The first kappa shape index (κ1) is 8.65. The third-order valence-electron chi connectivity index (χ3n) is 2.25. The maximum absolute atomic E-state index is 5.53. The van der Waals surface area contributed by atoms with E-state index in [9.17, 15) is 0 Å². The topological polar surface area (TPSA) is 50.4 Å². The Balaban J connectivity index is 0.000000605. The van der Waals surface area contributed by atoms with Crippen LogP contribution in [0.4, 0.5) is 0 Å². The van der Waals surface area contributed by atoms with Gasteiger partial charge in [-0.2, -0.15) is 0 Å². The molecule has 1 unspecified atom stereocenters. The molecule has 1 atom stereocenters. The van der Waals surface area contributed by atoms with E-state index in [0.717, 1.165) is 12.5 Å². The van der Waals surface area contributed by atoms with Crippen molar-refractivity contribution in [3.63, 3.8) is 0 Å². The van der Waals surface area contributed by atoms with Crippen molar-refractivity contribution >= 4 is 18.4 Å². The zero-order valence-corrected chi connectivity index (χ0v) is 7.23. The number of rotatable bonds is 1. The Bertz CT molecular complexity index is 165. The minimum absolute atomic E-state index is 0. The standard InChI is InChI=1S/C7H13N3.ClH/c8-7-9-4-3-6(10-7)5-1-2-5;/h5-6H,1-4H2,(H3,8,9,10);1H. The predicted molar refractivity (Wildman–Crippen MR) is 48.0 cm³/mol. The van der Waals surface area contributed by atoms with Gasteiger partial charge in [0.1, 0.15) is 0 Å². The summed E-state index contributed by atoms with van der Waals surface area (Å²) < 4.78 is 0. The molecule has 1 aliphatic carbocycles. The van der Waals surface area contributed by atoms with Gasteiger partial charge in [0, 0.05) is 12.6 Å². The maximum atomic E-state index is 5.53. The van der Waals surface area contributed by atoms with Crippen molar-refractivity contribution in [3.05, 3.63) is 0 Å². The van der Waals surface area contributed by atoms with Gasteiger partial charge in [0.15, 0.2) is 5.96 Å². The van der Waals surface area contributed by atoms with Gasteiger partial charge in [-0.1, -0.05) is 0 Å². The number of nitrogens with zero attached hydrogens (tertiary/aromatic N) is 1. The summed E-state index contributed by atoms with van der Waals surface area (Å²) in [6.45, 7) is 0.917. The number of hydrogen-bond acceptors (Lipinski definition) is 3. The van der Waals surface area contributed by atoms with Crippen molar-refractivity contribution < 1.29 is 0 Å². The molecule has 0 bridgehead atoms. The Hall–Kier alpha value is -0.440. The fourth-order valence-electron chi connectivity index (χ4n) is 1.48. The summed E-state index contributed by atoms with van der Waals surface area (Å²) in [5.41, 5.74) is 5.53. The van der Waals surface area contributed by atoms with E-state index in [1.165, 1.54) is 19.3 Å². The second-order valence-electron chi connectivity index (χ2n) is 3.14. The van der Waals surface area contributed by atoms with Crippen LogP contribution >= 0.6 is 12.4 Å². The molecule has 64 valence electrons. The Morgan fingerprint density at radius 3 is 2.64 bits per heavy atom. The minimum atomic E-state index is 0. The molecule has 0 aromatic heterocycles. The molecule has 3 nitrogen and oxygen atoms in total.